The average molecular weight is 209 g/mol. The molecule has 0 saturated carbocycles. The summed E-state index contributed by atoms with van der Waals surface area (Å²) < 4.78 is 15.8. The minimum Gasteiger partial charge on any atom is -0.493 e. The quantitative estimate of drug-likeness (QED) is 0.758. The van der Waals surface area contributed by atoms with Crippen LogP contribution in [0.15, 0.2) is 12.1 Å². The van der Waals surface area contributed by atoms with Crippen LogP contribution in [-0.2, 0) is 11.2 Å². The molecule has 0 radical (unpaired) electrons. The maximum Gasteiger partial charge on any atom is 0.161 e. The third kappa shape index (κ3) is 1.66. The van der Waals surface area contributed by atoms with Crippen LogP contribution in [0.2, 0.25) is 0 Å². The standard InChI is InChI=1S/C11H15NO3/c1-13-10-4-7-3-9(15-6-12)8(7)5-11(10)14-2/h4-5,9H,3,6,12H2,1-2H3/t9-/m0/s1. The third-order valence-corrected chi connectivity index (χ3v) is 2.69. The molecule has 1 aliphatic carbocycles. The van der Waals surface area contributed by atoms with Crippen LogP contribution in [0.4, 0.5) is 0 Å². The van der Waals surface area contributed by atoms with E-state index in [0.29, 0.717) is 0 Å². The van der Waals surface area contributed by atoms with E-state index in [0.717, 1.165) is 23.5 Å². The number of rotatable bonds is 4. The molecule has 2 rings (SSSR count). The summed E-state index contributed by atoms with van der Waals surface area (Å²) in [5, 5.41) is 0. The Morgan fingerprint density at radius 3 is 2.53 bits per heavy atom. The van der Waals surface area contributed by atoms with Gasteiger partial charge in [0.05, 0.1) is 27.1 Å². The lowest BCUT2D eigenvalue weighted by Gasteiger charge is -2.30. The fourth-order valence-corrected chi connectivity index (χ4v) is 1.86. The van der Waals surface area contributed by atoms with Gasteiger partial charge in [-0.2, -0.15) is 0 Å². The molecule has 1 atom stereocenters. The summed E-state index contributed by atoms with van der Waals surface area (Å²) in [5.41, 5.74) is 7.74. The van der Waals surface area contributed by atoms with E-state index in [1.54, 1.807) is 14.2 Å². The van der Waals surface area contributed by atoms with Crippen LogP contribution in [0.3, 0.4) is 0 Å². The highest BCUT2D eigenvalue weighted by atomic mass is 16.5. The largest absolute Gasteiger partial charge is 0.493 e. The lowest BCUT2D eigenvalue weighted by atomic mass is 9.85. The van der Waals surface area contributed by atoms with Gasteiger partial charge in [-0.05, 0) is 23.3 Å². The second-order valence-corrected chi connectivity index (χ2v) is 3.43. The van der Waals surface area contributed by atoms with Crippen LogP contribution >= 0.6 is 0 Å². The first-order chi connectivity index (χ1) is 7.30. The Morgan fingerprint density at radius 1 is 1.27 bits per heavy atom. The Balaban J connectivity index is 2.28. The first-order valence-electron chi connectivity index (χ1n) is 4.86. The van der Waals surface area contributed by atoms with Crippen molar-refractivity contribution in [3.8, 4) is 11.5 Å². The SMILES string of the molecule is COc1cc2c(cc1OC)[C@@H](OCN)C2. The number of hydrogen-bond donors (Lipinski definition) is 1. The van der Waals surface area contributed by atoms with Crippen molar-refractivity contribution in [2.45, 2.75) is 12.5 Å². The molecular formula is C11H15NO3. The van der Waals surface area contributed by atoms with Gasteiger partial charge in [-0.1, -0.05) is 0 Å². The minimum atomic E-state index is 0.116. The summed E-state index contributed by atoms with van der Waals surface area (Å²) in [4.78, 5) is 0. The molecule has 0 unspecified atom stereocenters. The van der Waals surface area contributed by atoms with Gasteiger partial charge in [0, 0.05) is 6.42 Å². The summed E-state index contributed by atoms with van der Waals surface area (Å²) in [5.74, 6) is 1.50. The zero-order chi connectivity index (χ0) is 10.8. The Morgan fingerprint density at radius 2 is 1.93 bits per heavy atom. The topological polar surface area (TPSA) is 53.7 Å². The molecule has 1 aromatic rings. The van der Waals surface area contributed by atoms with Gasteiger partial charge in [0.25, 0.3) is 0 Å². The van der Waals surface area contributed by atoms with Gasteiger partial charge in [-0.25, -0.2) is 0 Å². The number of benzene rings is 1. The molecule has 0 aromatic heterocycles. The van der Waals surface area contributed by atoms with E-state index in [2.05, 4.69) is 0 Å². The van der Waals surface area contributed by atoms with E-state index in [1.807, 2.05) is 12.1 Å². The zero-order valence-corrected chi connectivity index (χ0v) is 8.95. The van der Waals surface area contributed by atoms with E-state index < -0.39 is 0 Å². The lowest BCUT2D eigenvalue weighted by molar-refractivity contribution is 0.0411. The molecule has 0 fully saturated rings. The molecule has 1 aliphatic rings. The molecule has 0 saturated heterocycles. The zero-order valence-electron chi connectivity index (χ0n) is 8.95. The van der Waals surface area contributed by atoms with Gasteiger partial charge in [0.2, 0.25) is 0 Å². The number of fused-ring (bicyclic) bond motifs is 1. The van der Waals surface area contributed by atoms with Crippen LogP contribution in [-0.4, -0.2) is 21.0 Å². The van der Waals surface area contributed by atoms with Gasteiger partial charge in [-0.15, -0.1) is 0 Å². The van der Waals surface area contributed by atoms with Crippen molar-refractivity contribution in [3.05, 3.63) is 23.3 Å². The molecule has 15 heavy (non-hydrogen) atoms. The normalized spacial score (nSPS) is 17.9. The number of nitrogens with two attached hydrogens (primary N) is 1. The van der Waals surface area contributed by atoms with E-state index >= 15 is 0 Å². The van der Waals surface area contributed by atoms with Gasteiger partial charge in [0.15, 0.2) is 11.5 Å². The highest BCUT2D eigenvalue weighted by Gasteiger charge is 2.28. The van der Waals surface area contributed by atoms with Gasteiger partial charge >= 0.3 is 0 Å². The molecular weight excluding hydrogens is 194 g/mol. The summed E-state index contributed by atoms with van der Waals surface area (Å²) in [6.45, 7) is 0.248. The maximum absolute atomic E-state index is 5.36. The van der Waals surface area contributed by atoms with E-state index in [4.69, 9.17) is 19.9 Å². The van der Waals surface area contributed by atoms with E-state index in [9.17, 15) is 0 Å². The Kier molecular flexibility index (Phi) is 2.79. The second kappa shape index (κ2) is 4.08. The van der Waals surface area contributed by atoms with Crippen molar-refractivity contribution in [1.29, 1.82) is 0 Å². The molecule has 0 amide bonds. The molecule has 82 valence electrons. The van der Waals surface area contributed by atoms with E-state index in [-0.39, 0.29) is 12.8 Å². The van der Waals surface area contributed by atoms with Crippen LogP contribution in [0, 0.1) is 0 Å². The smallest absolute Gasteiger partial charge is 0.161 e. The van der Waals surface area contributed by atoms with Crippen molar-refractivity contribution < 1.29 is 14.2 Å². The fourth-order valence-electron chi connectivity index (χ4n) is 1.86. The predicted octanol–water partition coefficient (Wildman–Crippen LogP) is 1.23. The van der Waals surface area contributed by atoms with Crippen molar-refractivity contribution in [1.82, 2.24) is 0 Å². The molecule has 4 heteroatoms. The molecule has 0 spiro atoms. The highest BCUT2D eigenvalue weighted by Crippen LogP contribution is 2.42. The maximum atomic E-state index is 5.36. The predicted molar refractivity (Wildman–Crippen MR) is 56.1 cm³/mol. The van der Waals surface area contributed by atoms with Crippen molar-refractivity contribution in [2.24, 2.45) is 5.73 Å². The average Bonchev–Trinajstić information content (AvgIpc) is 2.25. The second-order valence-electron chi connectivity index (χ2n) is 3.43. The van der Waals surface area contributed by atoms with Crippen LogP contribution in [0.25, 0.3) is 0 Å². The van der Waals surface area contributed by atoms with Gasteiger partial charge < -0.3 is 19.9 Å². The van der Waals surface area contributed by atoms with Crippen molar-refractivity contribution in [3.63, 3.8) is 0 Å². The van der Waals surface area contributed by atoms with E-state index in [1.165, 1.54) is 5.56 Å². The number of ether oxygens (including phenoxy) is 3. The first-order valence-corrected chi connectivity index (χ1v) is 4.86. The Bertz CT molecular complexity index is 365. The molecule has 1 aromatic carbocycles. The summed E-state index contributed by atoms with van der Waals surface area (Å²) in [6.07, 6.45) is 1.01. The lowest BCUT2D eigenvalue weighted by Crippen LogP contribution is -2.22. The highest BCUT2D eigenvalue weighted by molar-refractivity contribution is 5.52. The monoisotopic (exact) mass is 209 g/mol. The van der Waals surface area contributed by atoms with Crippen LogP contribution in [0.1, 0.15) is 17.2 Å². The molecule has 0 heterocycles. The Labute approximate surface area is 88.9 Å². The van der Waals surface area contributed by atoms with Gasteiger partial charge in [-0.3, -0.25) is 0 Å². The van der Waals surface area contributed by atoms with Crippen LogP contribution < -0.4 is 15.2 Å². The van der Waals surface area contributed by atoms with Gasteiger partial charge in [0.1, 0.15) is 0 Å². The molecule has 0 bridgehead atoms. The fraction of sp³-hybridized carbons (Fsp3) is 0.455. The minimum absolute atomic E-state index is 0.116. The Hall–Kier alpha value is -1.26. The summed E-state index contributed by atoms with van der Waals surface area (Å²) >= 11 is 0. The molecule has 2 N–H and O–H groups in total. The molecule has 0 aliphatic heterocycles. The van der Waals surface area contributed by atoms with Crippen molar-refractivity contribution >= 4 is 0 Å². The number of methoxy groups -OCH3 is 2. The summed E-state index contributed by atoms with van der Waals surface area (Å²) in [7, 11) is 3.26. The third-order valence-electron chi connectivity index (χ3n) is 2.69. The summed E-state index contributed by atoms with van der Waals surface area (Å²) in [6, 6.07) is 3.95. The van der Waals surface area contributed by atoms with Crippen molar-refractivity contribution in [2.75, 3.05) is 21.0 Å². The first kappa shape index (κ1) is 10.3. The molecule has 4 nitrogen and oxygen atoms in total. The van der Waals surface area contributed by atoms with Crippen LogP contribution in [0.5, 0.6) is 11.5 Å². The number of hydrogen-bond acceptors (Lipinski definition) is 4.